The van der Waals surface area contributed by atoms with Crippen LogP contribution in [0.3, 0.4) is 0 Å². The molecule has 0 fully saturated rings. The summed E-state index contributed by atoms with van der Waals surface area (Å²) in [5, 5.41) is 3.20. The van der Waals surface area contributed by atoms with Crippen molar-refractivity contribution < 1.29 is 22.7 Å². The number of carbonyl (C=O) groups is 1. The van der Waals surface area contributed by atoms with Crippen LogP contribution in [0.25, 0.3) is 0 Å². The smallest absolute Gasteiger partial charge is 0.251 e. The standard InChI is InChI=1S/C19H22ClNO5S/c1-3-27(23,24)11-10-21-19(22)14-8-9-17(18(12-14)25-2)26-13-15-6-4-5-7-16(15)20/h4-9,12H,3,10-11,13H2,1-2H3,(H,21,22). The fraction of sp³-hybridized carbons (Fsp3) is 0.316. The van der Waals surface area contributed by atoms with Crippen molar-refractivity contribution in [3.05, 3.63) is 58.6 Å². The summed E-state index contributed by atoms with van der Waals surface area (Å²) in [6.07, 6.45) is 0. The molecule has 0 radical (unpaired) electrons. The Balaban J connectivity index is 2.02. The Morgan fingerprint density at radius 3 is 2.56 bits per heavy atom. The van der Waals surface area contributed by atoms with E-state index >= 15 is 0 Å². The van der Waals surface area contributed by atoms with E-state index in [1.807, 2.05) is 18.2 Å². The van der Waals surface area contributed by atoms with Gasteiger partial charge in [-0.2, -0.15) is 0 Å². The van der Waals surface area contributed by atoms with Crippen molar-refractivity contribution in [3.8, 4) is 11.5 Å². The predicted octanol–water partition coefficient (Wildman–Crippen LogP) is 3.09. The van der Waals surface area contributed by atoms with E-state index in [-0.39, 0.29) is 30.6 Å². The van der Waals surface area contributed by atoms with E-state index in [2.05, 4.69) is 5.32 Å². The maximum absolute atomic E-state index is 12.2. The minimum Gasteiger partial charge on any atom is -0.493 e. The Morgan fingerprint density at radius 1 is 1.15 bits per heavy atom. The first-order valence-electron chi connectivity index (χ1n) is 8.39. The zero-order valence-electron chi connectivity index (χ0n) is 15.2. The molecular formula is C19H22ClNO5S. The molecule has 6 nitrogen and oxygen atoms in total. The third-order valence-electron chi connectivity index (χ3n) is 3.91. The highest BCUT2D eigenvalue weighted by atomic mass is 35.5. The van der Waals surface area contributed by atoms with E-state index in [0.29, 0.717) is 22.1 Å². The van der Waals surface area contributed by atoms with Gasteiger partial charge < -0.3 is 14.8 Å². The van der Waals surface area contributed by atoms with Gasteiger partial charge in [0.25, 0.3) is 5.91 Å². The van der Waals surface area contributed by atoms with E-state index in [0.717, 1.165) is 5.56 Å². The molecule has 0 atom stereocenters. The van der Waals surface area contributed by atoms with Crippen LogP contribution in [0, 0.1) is 0 Å². The quantitative estimate of drug-likeness (QED) is 0.685. The second kappa shape index (κ2) is 9.62. The molecule has 2 rings (SSSR count). The van der Waals surface area contributed by atoms with Gasteiger partial charge in [-0.15, -0.1) is 0 Å². The Bertz CT molecular complexity index is 899. The van der Waals surface area contributed by atoms with E-state index in [1.54, 1.807) is 31.2 Å². The number of halogens is 1. The molecule has 146 valence electrons. The zero-order chi connectivity index (χ0) is 19.9. The molecule has 0 saturated heterocycles. The van der Waals surface area contributed by atoms with Gasteiger partial charge in [0.15, 0.2) is 21.3 Å². The third kappa shape index (κ3) is 6.15. The minimum absolute atomic E-state index is 0.0498. The summed E-state index contributed by atoms with van der Waals surface area (Å²) >= 11 is 6.11. The first-order valence-corrected chi connectivity index (χ1v) is 10.6. The molecule has 27 heavy (non-hydrogen) atoms. The van der Waals surface area contributed by atoms with Crippen molar-refractivity contribution in [1.29, 1.82) is 0 Å². The number of carbonyl (C=O) groups excluding carboxylic acids is 1. The molecule has 0 aliphatic rings. The van der Waals surface area contributed by atoms with Crippen molar-refractivity contribution in [2.45, 2.75) is 13.5 Å². The first kappa shape index (κ1) is 21.1. The summed E-state index contributed by atoms with van der Waals surface area (Å²) in [6, 6.07) is 12.1. The van der Waals surface area contributed by atoms with E-state index in [1.165, 1.54) is 7.11 Å². The molecule has 1 N–H and O–H groups in total. The van der Waals surface area contributed by atoms with Gasteiger partial charge in [-0.05, 0) is 24.3 Å². The van der Waals surface area contributed by atoms with E-state index in [4.69, 9.17) is 21.1 Å². The second-order valence-electron chi connectivity index (χ2n) is 5.74. The Morgan fingerprint density at radius 2 is 1.89 bits per heavy atom. The van der Waals surface area contributed by atoms with Crippen LogP contribution < -0.4 is 14.8 Å². The highest BCUT2D eigenvalue weighted by molar-refractivity contribution is 7.91. The number of hydrogen-bond donors (Lipinski definition) is 1. The number of nitrogens with one attached hydrogen (secondary N) is 1. The Labute approximate surface area is 164 Å². The Kier molecular flexibility index (Phi) is 7.50. The molecule has 1 amide bonds. The van der Waals surface area contributed by atoms with Gasteiger partial charge in [0.05, 0.1) is 12.9 Å². The molecule has 2 aromatic carbocycles. The summed E-state index contributed by atoms with van der Waals surface area (Å²) in [6.45, 7) is 1.89. The molecule has 0 unspecified atom stereocenters. The molecule has 0 aliphatic heterocycles. The number of sulfone groups is 1. The van der Waals surface area contributed by atoms with E-state index in [9.17, 15) is 13.2 Å². The van der Waals surface area contributed by atoms with Crippen LogP contribution >= 0.6 is 11.6 Å². The Hall–Kier alpha value is -2.25. The third-order valence-corrected chi connectivity index (χ3v) is 5.98. The number of methoxy groups -OCH3 is 1. The molecule has 0 saturated carbocycles. The lowest BCUT2D eigenvalue weighted by molar-refractivity contribution is 0.0955. The first-order chi connectivity index (χ1) is 12.9. The maximum Gasteiger partial charge on any atom is 0.251 e. The van der Waals surface area contributed by atoms with Crippen LogP contribution in [0.1, 0.15) is 22.8 Å². The highest BCUT2D eigenvalue weighted by Gasteiger charge is 2.13. The summed E-state index contributed by atoms with van der Waals surface area (Å²) < 4.78 is 34.0. The highest BCUT2D eigenvalue weighted by Crippen LogP contribution is 2.29. The van der Waals surface area contributed by atoms with Crippen LogP contribution in [-0.4, -0.2) is 39.5 Å². The van der Waals surface area contributed by atoms with Crippen molar-refractivity contribution >= 4 is 27.3 Å². The molecule has 0 aliphatic carbocycles. The largest absolute Gasteiger partial charge is 0.493 e. The molecule has 2 aromatic rings. The minimum atomic E-state index is -3.12. The number of hydrogen-bond acceptors (Lipinski definition) is 5. The van der Waals surface area contributed by atoms with Crippen LogP contribution in [0.5, 0.6) is 11.5 Å². The fourth-order valence-corrected chi connectivity index (χ4v) is 3.16. The summed E-state index contributed by atoms with van der Waals surface area (Å²) in [7, 11) is -1.64. The van der Waals surface area contributed by atoms with Gasteiger partial charge in [-0.3, -0.25) is 4.79 Å². The lowest BCUT2D eigenvalue weighted by Gasteiger charge is -2.13. The summed E-state index contributed by atoms with van der Waals surface area (Å²) in [5.74, 6) is 0.454. The predicted molar refractivity (Wildman–Crippen MR) is 105 cm³/mol. The van der Waals surface area contributed by atoms with Crippen molar-refractivity contribution in [1.82, 2.24) is 5.32 Å². The summed E-state index contributed by atoms with van der Waals surface area (Å²) in [4.78, 5) is 12.2. The maximum atomic E-state index is 12.2. The average molecular weight is 412 g/mol. The van der Waals surface area contributed by atoms with Crippen LogP contribution in [0.2, 0.25) is 5.02 Å². The van der Waals surface area contributed by atoms with Crippen LogP contribution in [0.15, 0.2) is 42.5 Å². The van der Waals surface area contributed by atoms with Crippen molar-refractivity contribution in [3.63, 3.8) is 0 Å². The molecule has 0 spiro atoms. The number of amides is 1. The second-order valence-corrected chi connectivity index (χ2v) is 8.62. The topological polar surface area (TPSA) is 81.7 Å². The molecule has 0 aromatic heterocycles. The van der Waals surface area contributed by atoms with Gasteiger partial charge in [0.1, 0.15) is 6.61 Å². The number of ether oxygens (including phenoxy) is 2. The fourth-order valence-electron chi connectivity index (χ4n) is 2.27. The lowest BCUT2D eigenvalue weighted by Crippen LogP contribution is -2.29. The van der Waals surface area contributed by atoms with Gasteiger partial charge in [0.2, 0.25) is 0 Å². The summed E-state index contributed by atoms with van der Waals surface area (Å²) in [5.41, 5.74) is 1.19. The van der Waals surface area contributed by atoms with E-state index < -0.39 is 9.84 Å². The molecular weight excluding hydrogens is 390 g/mol. The molecule has 0 bridgehead atoms. The SMILES string of the molecule is CCS(=O)(=O)CCNC(=O)c1ccc(OCc2ccccc2Cl)c(OC)c1. The van der Waals surface area contributed by atoms with Gasteiger partial charge >= 0.3 is 0 Å². The molecule has 0 heterocycles. The van der Waals surface area contributed by atoms with Crippen molar-refractivity contribution in [2.24, 2.45) is 0 Å². The van der Waals surface area contributed by atoms with Gasteiger partial charge in [0, 0.05) is 28.4 Å². The monoisotopic (exact) mass is 411 g/mol. The number of rotatable bonds is 9. The zero-order valence-corrected chi connectivity index (χ0v) is 16.8. The van der Waals surface area contributed by atoms with Crippen LogP contribution in [0.4, 0.5) is 0 Å². The van der Waals surface area contributed by atoms with Gasteiger partial charge in [-0.1, -0.05) is 36.7 Å². The lowest BCUT2D eigenvalue weighted by atomic mass is 10.2. The number of benzene rings is 2. The molecule has 8 heteroatoms. The average Bonchev–Trinajstić information content (AvgIpc) is 2.67. The normalized spacial score (nSPS) is 11.1. The van der Waals surface area contributed by atoms with Crippen molar-refractivity contribution in [2.75, 3.05) is 25.2 Å². The van der Waals surface area contributed by atoms with Crippen LogP contribution in [-0.2, 0) is 16.4 Å². The van der Waals surface area contributed by atoms with Gasteiger partial charge in [-0.25, -0.2) is 8.42 Å².